The number of ether oxygens (including phenoxy) is 2. The van der Waals surface area contributed by atoms with Gasteiger partial charge in [0.1, 0.15) is 6.61 Å². The van der Waals surface area contributed by atoms with Crippen molar-refractivity contribution in [2.24, 2.45) is 5.73 Å². The van der Waals surface area contributed by atoms with Crippen molar-refractivity contribution in [2.75, 3.05) is 26.4 Å². The molecule has 0 aromatic carbocycles. The standard InChI is InChI=1S/C89H154NO8P/c1-3-5-7-9-11-13-15-17-19-21-23-25-27-29-31-33-35-37-39-41-42-43-44-46-47-49-51-53-55-57-59-61-63-65-67-69-71-73-75-77-79-81-88(91)95-85-87(86-97-99(93,94)96-84-83-90)98-89(92)82-80-78-76-74-72-70-68-66-64-62-60-58-56-54-52-50-48-45-40-38-36-34-32-30-28-26-24-22-20-18-16-14-12-10-8-6-4-2/h6,8,12,14-15,17-18,20-21,23-24,26,30,32,36,38,45,48,52,54,58,60,64,66,87H,3-5,7,9-11,13,16,19,22,25,27-29,31,33-35,37,39-44,46-47,49-51,53,55-57,59,61-63,65,67-86,90H2,1-2H3,(H,93,94)/b8-6-,14-12-,17-15-,20-18-,23-21-,26-24-,32-30-,38-36-,48-45-,54-52-,60-58-,66-64-. The fourth-order valence-electron chi connectivity index (χ4n) is 11.6. The smallest absolute Gasteiger partial charge is 0.462 e. The van der Waals surface area contributed by atoms with Gasteiger partial charge < -0.3 is 20.1 Å². The summed E-state index contributed by atoms with van der Waals surface area (Å²) in [4.78, 5) is 35.5. The number of hydrogen-bond acceptors (Lipinski definition) is 8. The Kier molecular flexibility index (Phi) is 79.4. The summed E-state index contributed by atoms with van der Waals surface area (Å²) in [5, 5.41) is 0. The maximum atomic E-state index is 12.8. The van der Waals surface area contributed by atoms with Gasteiger partial charge in [0.05, 0.1) is 13.2 Å². The summed E-state index contributed by atoms with van der Waals surface area (Å²) in [6.45, 7) is 3.63. The lowest BCUT2D eigenvalue weighted by atomic mass is 10.0. The van der Waals surface area contributed by atoms with Crippen LogP contribution in [-0.2, 0) is 32.7 Å². The molecule has 0 saturated heterocycles. The molecule has 10 heteroatoms. The first-order valence-corrected chi connectivity index (χ1v) is 42.8. The van der Waals surface area contributed by atoms with E-state index in [-0.39, 0.29) is 38.6 Å². The number of allylic oxidation sites excluding steroid dienone is 24. The van der Waals surface area contributed by atoms with Crippen molar-refractivity contribution in [1.82, 2.24) is 0 Å². The van der Waals surface area contributed by atoms with E-state index >= 15 is 0 Å². The molecule has 0 amide bonds. The van der Waals surface area contributed by atoms with Crippen LogP contribution in [0.4, 0.5) is 0 Å². The number of phosphoric acid groups is 1. The van der Waals surface area contributed by atoms with Crippen LogP contribution in [0.5, 0.6) is 0 Å². The summed E-state index contributed by atoms with van der Waals surface area (Å²) in [5.74, 6) is -0.839. The molecule has 0 saturated carbocycles. The molecule has 9 nitrogen and oxygen atoms in total. The van der Waals surface area contributed by atoms with Crippen LogP contribution in [0.3, 0.4) is 0 Å². The zero-order chi connectivity index (χ0) is 71.5. The zero-order valence-corrected chi connectivity index (χ0v) is 65.1. The van der Waals surface area contributed by atoms with Crippen LogP contribution < -0.4 is 5.73 Å². The Morgan fingerprint density at radius 2 is 0.556 bits per heavy atom. The topological polar surface area (TPSA) is 134 Å². The second-order valence-corrected chi connectivity index (χ2v) is 28.7. The van der Waals surface area contributed by atoms with Gasteiger partial charge in [0.2, 0.25) is 0 Å². The molecule has 2 atom stereocenters. The number of rotatable bonds is 77. The predicted octanol–water partition coefficient (Wildman–Crippen LogP) is 28.1. The highest BCUT2D eigenvalue weighted by molar-refractivity contribution is 7.47. The van der Waals surface area contributed by atoms with E-state index in [9.17, 15) is 19.0 Å². The zero-order valence-electron chi connectivity index (χ0n) is 64.2. The molecule has 0 aromatic rings. The van der Waals surface area contributed by atoms with Crippen LogP contribution in [0.15, 0.2) is 146 Å². The van der Waals surface area contributed by atoms with Crippen LogP contribution in [0, 0.1) is 0 Å². The van der Waals surface area contributed by atoms with Crippen molar-refractivity contribution >= 4 is 19.8 Å². The molecule has 0 aromatic heterocycles. The highest BCUT2D eigenvalue weighted by Gasteiger charge is 2.26. The molecule has 0 aliphatic heterocycles. The van der Waals surface area contributed by atoms with Crippen molar-refractivity contribution in [2.45, 2.75) is 380 Å². The van der Waals surface area contributed by atoms with E-state index < -0.39 is 26.5 Å². The van der Waals surface area contributed by atoms with Crippen molar-refractivity contribution in [3.63, 3.8) is 0 Å². The maximum absolute atomic E-state index is 12.8. The highest BCUT2D eigenvalue weighted by atomic mass is 31.2. The summed E-state index contributed by atoms with van der Waals surface area (Å²) >= 11 is 0. The monoisotopic (exact) mass is 1400 g/mol. The molecule has 0 spiro atoms. The fraction of sp³-hybridized carbons (Fsp3) is 0.708. The second-order valence-electron chi connectivity index (χ2n) is 27.3. The van der Waals surface area contributed by atoms with Crippen LogP contribution in [0.1, 0.15) is 373 Å². The van der Waals surface area contributed by atoms with E-state index in [1.165, 1.54) is 212 Å². The van der Waals surface area contributed by atoms with E-state index in [0.29, 0.717) is 6.42 Å². The summed E-state index contributed by atoms with van der Waals surface area (Å²) in [5.41, 5.74) is 5.41. The van der Waals surface area contributed by atoms with Crippen molar-refractivity contribution in [1.29, 1.82) is 0 Å². The minimum Gasteiger partial charge on any atom is -0.462 e. The first kappa shape index (κ1) is 94.9. The Bertz CT molecular complexity index is 2150. The predicted molar refractivity (Wildman–Crippen MR) is 431 cm³/mol. The first-order chi connectivity index (χ1) is 48.8. The van der Waals surface area contributed by atoms with Crippen LogP contribution in [0.2, 0.25) is 0 Å². The van der Waals surface area contributed by atoms with Crippen LogP contribution in [-0.4, -0.2) is 49.3 Å². The molecule has 99 heavy (non-hydrogen) atoms. The van der Waals surface area contributed by atoms with Gasteiger partial charge in [-0.25, -0.2) is 4.57 Å². The minimum atomic E-state index is -4.41. The lowest BCUT2D eigenvalue weighted by Crippen LogP contribution is -2.29. The Morgan fingerprint density at radius 3 is 0.828 bits per heavy atom. The van der Waals surface area contributed by atoms with Gasteiger partial charge in [-0.1, -0.05) is 384 Å². The molecule has 3 N–H and O–H groups in total. The normalized spacial score (nSPS) is 13.6. The van der Waals surface area contributed by atoms with Crippen molar-refractivity contribution in [3.05, 3.63) is 146 Å². The molecule has 0 aliphatic carbocycles. The van der Waals surface area contributed by atoms with Crippen LogP contribution in [0.25, 0.3) is 0 Å². The van der Waals surface area contributed by atoms with E-state index in [2.05, 4.69) is 160 Å². The third-order valence-corrected chi connectivity index (χ3v) is 18.7. The summed E-state index contributed by atoms with van der Waals surface area (Å²) < 4.78 is 33.3. The number of carbonyl (C=O) groups excluding carboxylic acids is 2. The van der Waals surface area contributed by atoms with E-state index in [1.54, 1.807) is 0 Å². The summed E-state index contributed by atoms with van der Waals surface area (Å²) in [6, 6.07) is 0. The van der Waals surface area contributed by atoms with Gasteiger partial charge in [0.15, 0.2) is 6.10 Å². The van der Waals surface area contributed by atoms with Gasteiger partial charge in [-0.05, 0) is 122 Å². The molecular formula is C89H154NO8P. The van der Waals surface area contributed by atoms with Gasteiger partial charge in [0, 0.05) is 19.4 Å². The largest absolute Gasteiger partial charge is 0.472 e. The number of nitrogens with two attached hydrogens (primary N) is 1. The molecule has 0 bridgehead atoms. The lowest BCUT2D eigenvalue weighted by Gasteiger charge is -2.19. The number of carbonyl (C=O) groups is 2. The van der Waals surface area contributed by atoms with Crippen LogP contribution >= 0.6 is 7.82 Å². The van der Waals surface area contributed by atoms with E-state index in [1.807, 2.05) is 0 Å². The molecule has 0 rings (SSSR count). The highest BCUT2D eigenvalue weighted by Crippen LogP contribution is 2.43. The summed E-state index contributed by atoms with van der Waals surface area (Å²) in [6.07, 6.45) is 120. The Morgan fingerprint density at radius 1 is 0.313 bits per heavy atom. The molecular weight excluding hydrogens is 1240 g/mol. The molecule has 0 aliphatic rings. The average Bonchev–Trinajstić information content (AvgIpc) is 1.64. The molecule has 2 unspecified atom stereocenters. The van der Waals surface area contributed by atoms with Gasteiger partial charge in [0.25, 0.3) is 0 Å². The lowest BCUT2D eigenvalue weighted by molar-refractivity contribution is -0.161. The molecule has 0 radical (unpaired) electrons. The third kappa shape index (κ3) is 82.7. The third-order valence-electron chi connectivity index (χ3n) is 17.7. The number of phosphoric ester groups is 1. The number of esters is 2. The van der Waals surface area contributed by atoms with Gasteiger partial charge in [-0.3, -0.25) is 18.6 Å². The molecule has 568 valence electrons. The quantitative estimate of drug-likeness (QED) is 0.0264. The molecule has 0 heterocycles. The van der Waals surface area contributed by atoms with E-state index in [4.69, 9.17) is 24.3 Å². The van der Waals surface area contributed by atoms with Crippen molar-refractivity contribution in [3.8, 4) is 0 Å². The molecule has 0 fully saturated rings. The average molecular weight is 1400 g/mol. The summed E-state index contributed by atoms with van der Waals surface area (Å²) in [7, 11) is -4.41. The second kappa shape index (κ2) is 82.8. The van der Waals surface area contributed by atoms with Gasteiger partial charge in [-0.15, -0.1) is 0 Å². The first-order valence-electron chi connectivity index (χ1n) is 41.3. The Balaban J connectivity index is 3.85. The maximum Gasteiger partial charge on any atom is 0.472 e. The minimum absolute atomic E-state index is 0.0455. The number of unbranched alkanes of at least 4 members (excludes halogenated alkanes) is 40. The SMILES string of the molecule is CC/C=C\C/C=C\C/C=C\C/C=C\C/C=C\C/C=C\C/C=C\C/C=C\C/C=C\C/C=C\CCCCCCCCC(=O)OC(COC(=O)CCCCCCCCCCCCCCCCCCCCCCCCCCCCCCC/C=C\C/C=C\CCCCCCC)COP(=O)(O)OCCN. The van der Waals surface area contributed by atoms with Gasteiger partial charge >= 0.3 is 19.8 Å². The Hall–Kier alpha value is -4.11. The van der Waals surface area contributed by atoms with Gasteiger partial charge in [-0.2, -0.15) is 0 Å². The Labute approximate surface area is 611 Å². The number of hydrogen-bond donors (Lipinski definition) is 2. The van der Waals surface area contributed by atoms with Crippen molar-refractivity contribution < 1.29 is 37.6 Å². The fourth-order valence-corrected chi connectivity index (χ4v) is 12.4. The van der Waals surface area contributed by atoms with E-state index in [0.717, 1.165) is 128 Å².